The lowest BCUT2D eigenvalue weighted by Gasteiger charge is -2.38. The number of pyridine rings is 1. The number of carbonyl (C=O) groups is 2. The van der Waals surface area contributed by atoms with E-state index in [0.29, 0.717) is 43.6 Å². The number of piperazine rings is 1. The summed E-state index contributed by atoms with van der Waals surface area (Å²) in [4.78, 5) is 36.6. The van der Waals surface area contributed by atoms with Crippen molar-refractivity contribution in [3.63, 3.8) is 0 Å². The maximum atomic E-state index is 14.2. The van der Waals surface area contributed by atoms with Gasteiger partial charge in [-0.05, 0) is 62.1 Å². The van der Waals surface area contributed by atoms with Gasteiger partial charge in [0.05, 0.1) is 16.8 Å². The molecule has 2 bridgehead atoms. The Balaban J connectivity index is 1.32. The summed E-state index contributed by atoms with van der Waals surface area (Å²) in [7, 11) is 0. The highest BCUT2D eigenvalue weighted by Gasteiger charge is 2.37. The van der Waals surface area contributed by atoms with Crippen molar-refractivity contribution in [1.82, 2.24) is 14.8 Å². The van der Waals surface area contributed by atoms with E-state index >= 15 is 0 Å². The molecule has 1 aromatic carbocycles. The second-order valence-electron chi connectivity index (χ2n) is 10.0. The van der Waals surface area contributed by atoms with Crippen molar-refractivity contribution >= 4 is 28.4 Å². The van der Waals surface area contributed by atoms with E-state index in [9.17, 15) is 14.0 Å². The Morgan fingerprint density at radius 2 is 1.62 bits per heavy atom. The third-order valence-corrected chi connectivity index (χ3v) is 7.76. The van der Waals surface area contributed by atoms with Gasteiger partial charge >= 0.3 is 0 Å². The standard InChI is InChI=1S/C25H29FN4O2/c26-19-5-6-22-20(12-19)23(30-14-16-1-2-17(11-16)15-30)21(13-27-22)25(32)29-9-7-28(8-10-29)24(31)18-3-4-18/h5-6,12-13,16-18H,1-4,7-11,14-15H2/t16-,17+. The van der Waals surface area contributed by atoms with Gasteiger partial charge in [0.2, 0.25) is 5.91 Å². The van der Waals surface area contributed by atoms with Crippen molar-refractivity contribution in [2.75, 3.05) is 44.2 Å². The zero-order valence-corrected chi connectivity index (χ0v) is 18.3. The summed E-state index contributed by atoms with van der Waals surface area (Å²) in [5, 5.41) is 0.722. The number of benzene rings is 1. The Kier molecular flexibility index (Phi) is 4.81. The van der Waals surface area contributed by atoms with E-state index in [0.717, 1.165) is 42.5 Å². The molecule has 4 fully saturated rings. The Labute approximate surface area is 187 Å². The lowest BCUT2D eigenvalue weighted by molar-refractivity contribution is -0.134. The van der Waals surface area contributed by atoms with Gasteiger partial charge in [0.25, 0.3) is 5.91 Å². The molecule has 2 saturated carbocycles. The fraction of sp³-hybridized carbons (Fsp3) is 0.560. The van der Waals surface area contributed by atoms with Crippen molar-refractivity contribution in [3.8, 4) is 0 Å². The van der Waals surface area contributed by atoms with Gasteiger partial charge in [-0.1, -0.05) is 0 Å². The van der Waals surface area contributed by atoms with Crippen LogP contribution in [0.5, 0.6) is 0 Å². The van der Waals surface area contributed by atoms with E-state index < -0.39 is 0 Å². The fourth-order valence-electron chi connectivity index (χ4n) is 5.93. The molecule has 0 radical (unpaired) electrons. The number of hydrogen-bond acceptors (Lipinski definition) is 4. The van der Waals surface area contributed by atoms with Gasteiger partial charge in [-0.15, -0.1) is 0 Å². The van der Waals surface area contributed by atoms with Crippen LogP contribution in [0.25, 0.3) is 10.9 Å². The van der Waals surface area contributed by atoms with Crippen molar-refractivity contribution in [1.29, 1.82) is 0 Å². The average Bonchev–Trinajstić information content (AvgIpc) is 3.61. The first-order valence-corrected chi connectivity index (χ1v) is 12.0. The predicted octanol–water partition coefficient (Wildman–Crippen LogP) is 3.30. The van der Waals surface area contributed by atoms with E-state index in [-0.39, 0.29) is 23.5 Å². The molecule has 2 aliphatic carbocycles. The second kappa shape index (κ2) is 7.71. The minimum atomic E-state index is -0.308. The average molecular weight is 437 g/mol. The van der Waals surface area contributed by atoms with Crippen LogP contribution in [0.3, 0.4) is 0 Å². The highest BCUT2D eigenvalue weighted by Crippen LogP contribution is 2.41. The number of hydrogen-bond donors (Lipinski definition) is 0. The molecule has 32 heavy (non-hydrogen) atoms. The summed E-state index contributed by atoms with van der Waals surface area (Å²) in [6.45, 7) is 4.05. The van der Waals surface area contributed by atoms with Gasteiger partial charge in [-0.3, -0.25) is 14.6 Å². The first-order chi connectivity index (χ1) is 15.6. The summed E-state index contributed by atoms with van der Waals surface area (Å²) in [5.41, 5.74) is 2.12. The molecule has 6 nitrogen and oxygen atoms in total. The summed E-state index contributed by atoms with van der Waals surface area (Å²) < 4.78 is 14.2. The SMILES string of the molecule is O=C(c1cnc2ccc(F)cc2c1N1C[C@@H]2CC[C@@H](C2)C1)N1CCN(C(=O)C2CC2)CC1. The van der Waals surface area contributed by atoms with Crippen LogP contribution in [0.4, 0.5) is 10.1 Å². The van der Waals surface area contributed by atoms with Crippen LogP contribution in [-0.2, 0) is 4.79 Å². The molecule has 2 atom stereocenters. The summed E-state index contributed by atoms with van der Waals surface area (Å²) in [6.07, 6.45) is 7.40. The molecule has 168 valence electrons. The minimum absolute atomic E-state index is 0.0601. The highest BCUT2D eigenvalue weighted by molar-refractivity contribution is 6.07. The molecule has 7 heteroatoms. The smallest absolute Gasteiger partial charge is 0.257 e. The van der Waals surface area contributed by atoms with Gasteiger partial charge in [-0.25, -0.2) is 4.39 Å². The largest absolute Gasteiger partial charge is 0.370 e. The first-order valence-electron chi connectivity index (χ1n) is 12.0. The van der Waals surface area contributed by atoms with Gasteiger partial charge in [0.1, 0.15) is 5.82 Å². The van der Waals surface area contributed by atoms with Crippen LogP contribution in [-0.4, -0.2) is 65.9 Å². The van der Waals surface area contributed by atoms with Gasteiger partial charge in [-0.2, -0.15) is 0 Å². The summed E-state index contributed by atoms with van der Waals surface area (Å²) >= 11 is 0. The molecule has 2 aromatic rings. The number of rotatable bonds is 3. The Morgan fingerprint density at radius 1 is 0.938 bits per heavy atom. The van der Waals surface area contributed by atoms with Crippen LogP contribution in [0.15, 0.2) is 24.4 Å². The number of nitrogens with zero attached hydrogens (tertiary/aromatic N) is 4. The van der Waals surface area contributed by atoms with Gasteiger partial charge in [0.15, 0.2) is 0 Å². The van der Waals surface area contributed by atoms with E-state index in [1.54, 1.807) is 12.3 Å². The van der Waals surface area contributed by atoms with E-state index in [1.165, 1.54) is 31.4 Å². The molecule has 2 aliphatic heterocycles. The molecule has 2 amide bonds. The molecule has 3 heterocycles. The maximum Gasteiger partial charge on any atom is 0.257 e. The molecular weight excluding hydrogens is 407 g/mol. The van der Waals surface area contributed by atoms with Crippen molar-refractivity contribution in [2.24, 2.45) is 17.8 Å². The van der Waals surface area contributed by atoms with Crippen LogP contribution >= 0.6 is 0 Å². The fourth-order valence-corrected chi connectivity index (χ4v) is 5.93. The van der Waals surface area contributed by atoms with Crippen molar-refractivity contribution in [3.05, 3.63) is 35.8 Å². The Hall–Kier alpha value is -2.70. The van der Waals surface area contributed by atoms with E-state index in [4.69, 9.17) is 0 Å². The van der Waals surface area contributed by atoms with Crippen LogP contribution in [0, 0.1) is 23.6 Å². The molecule has 6 rings (SSSR count). The highest BCUT2D eigenvalue weighted by atomic mass is 19.1. The van der Waals surface area contributed by atoms with Gasteiger partial charge in [0, 0.05) is 56.8 Å². The number of amides is 2. The van der Waals surface area contributed by atoms with Crippen LogP contribution in [0.1, 0.15) is 42.5 Å². The number of anilines is 1. The zero-order chi connectivity index (χ0) is 21.8. The Morgan fingerprint density at radius 3 is 2.31 bits per heavy atom. The number of halogens is 1. The number of fused-ring (bicyclic) bond motifs is 3. The number of aromatic nitrogens is 1. The topological polar surface area (TPSA) is 56.8 Å². The number of carbonyl (C=O) groups excluding carboxylic acids is 2. The molecule has 4 aliphatic rings. The van der Waals surface area contributed by atoms with E-state index in [2.05, 4.69) is 9.88 Å². The quantitative estimate of drug-likeness (QED) is 0.741. The predicted molar refractivity (Wildman–Crippen MR) is 120 cm³/mol. The van der Waals surface area contributed by atoms with E-state index in [1.807, 2.05) is 9.80 Å². The second-order valence-corrected chi connectivity index (χ2v) is 10.0. The lowest BCUT2D eigenvalue weighted by atomic mass is 9.96. The molecule has 0 N–H and O–H groups in total. The molecule has 0 unspecified atom stereocenters. The van der Waals surface area contributed by atoms with Crippen molar-refractivity contribution in [2.45, 2.75) is 32.1 Å². The molecule has 0 spiro atoms. The third-order valence-electron chi connectivity index (χ3n) is 7.76. The maximum absolute atomic E-state index is 14.2. The lowest BCUT2D eigenvalue weighted by Crippen LogP contribution is -2.51. The zero-order valence-electron chi connectivity index (χ0n) is 18.3. The molecular formula is C25H29FN4O2. The summed E-state index contributed by atoms with van der Waals surface area (Å²) in [6, 6.07) is 4.65. The first kappa shape index (κ1) is 19.9. The molecule has 2 saturated heterocycles. The monoisotopic (exact) mass is 436 g/mol. The Bertz CT molecular complexity index is 1070. The van der Waals surface area contributed by atoms with Crippen molar-refractivity contribution < 1.29 is 14.0 Å². The minimum Gasteiger partial charge on any atom is -0.370 e. The summed E-state index contributed by atoms with van der Waals surface area (Å²) in [5.74, 6) is 1.37. The number of piperidine rings is 1. The van der Waals surface area contributed by atoms with Gasteiger partial charge < -0.3 is 14.7 Å². The molecule has 1 aromatic heterocycles. The third kappa shape index (κ3) is 3.51. The normalized spacial score (nSPS) is 25.5. The van der Waals surface area contributed by atoms with Crippen LogP contribution in [0.2, 0.25) is 0 Å². The van der Waals surface area contributed by atoms with Crippen LogP contribution < -0.4 is 4.90 Å².